The van der Waals surface area contributed by atoms with E-state index in [1.165, 1.54) is 4.31 Å². The van der Waals surface area contributed by atoms with Gasteiger partial charge in [-0.1, -0.05) is 0 Å². The van der Waals surface area contributed by atoms with E-state index in [2.05, 4.69) is 14.5 Å². The van der Waals surface area contributed by atoms with Gasteiger partial charge in [-0.3, -0.25) is 0 Å². The molecular formula is C15H27N5O3S. The van der Waals surface area contributed by atoms with Crippen molar-refractivity contribution >= 4 is 10.2 Å². The maximum atomic E-state index is 12.4. The molecule has 2 fully saturated rings. The SMILES string of the molecule is CN(C)S(=O)(=O)N1CCOC2(CCN(CCCn3ccnc3)C2)C1. The fourth-order valence-electron chi connectivity index (χ4n) is 3.50. The highest BCUT2D eigenvalue weighted by atomic mass is 32.2. The van der Waals surface area contributed by atoms with Gasteiger partial charge in [-0.25, -0.2) is 4.98 Å². The number of hydrogen-bond donors (Lipinski definition) is 0. The van der Waals surface area contributed by atoms with E-state index in [9.17, 15) is 8.42 Å². The lowest BCUT2D eigenvalue weighted by Gasteiger charge is -2.40. The highest BCUT2D eigenvalue weighted by Crippen LogP contribution is 2.30. The number of aromatic nitrogens is 2. The number of hydrogen-bond acceptors (Lipinski definition) is 5. The lowest BCUT2D eigenvalue weighted by molar-refractivity contribution is -0.0818. The highest BCUT2D eigenvalue weighted by molar-refractivity contribution is 7.86. The Morgan fingerprint density at radius 3 is 2.79 bits per heavy atom. The minimum Gasteiger partial charge on any atom is -0.371 e. The summed E-state index contributed by atoms with van der Waals surface area (Å²) in [5, 5.41) is 0. The van der Waals surface area contributed by atoms with Crippen molar-refractivity contribution in [3.05, 3.63) is 18.7 Å². The average molecular weight is 357 g/mol. The number of morpholine rings is 1. The Morgan fingerprint density at radius 1 is 1.25 bits per heavy atom. The van der Waals surface area contributed by atoms with Crippen molar-refractivity contribution in [3.8, 4) is 0 Å². The van der Waals surface area contributed by atoms with Gasteiger partial charge in [0.1, 0.15) is 0 Å². The van der Waals surface area contributed by atoms with E-state index in [-0.39, 0.29) is 5.60 Å². The van der Waals surface area contributed by atoms with Crippen molar-refractivity contribution in [1.82, 2.24) is 23.1 Å². The van der Waals surface area contributed by atoms with Gasteiger partial charge in [0.05, 0.1) is 18.5 Å². The van der Waals surface area contributed by atoms with Crippen molar-refractivity contribution in [2.24, 2.45) is 0 Å². The number of likely N-dealkylation sites (tertiary alicyclic amines) is 1. The first-order valence-electron chi connectivity index (χ1n) is 8.41. The summed E-state index contributed by atoms with van der Waals surface area (Å²) < 4.78 is 35.7. The molecule has 1 spiro atoms. The van der Waals surface area contributed by atoms with Crippen molar-refractivity contribution in [2.45, 2.75) is 25.0 Å². The van der Waals surface area contributed by atoms with Crippen LogP contribution in [0, 0.1) is 0 Å². The summed E-state index contributed by atoms with van der Waals surface area (Å²) in [7, 11) is -0.214. The molecule has 0 N–H and O–H groups in total. The van der Waals surface area contributed by atoms with Crippen LogP contribution in [0.2, 0.25) is 0 Å². The van der Waals surface area contributed by atoms with Crippen LogP contribution < -0.4 is 0 Å². The summed E-state index contributed by atoms with van der Waals surface area (Å²) in [6.07, 6.45) is 7.53. The molecule has 0 saturated carbocycles. The van der Waals surface area contributed by atoms with Crippen molar-refractivity contribution in [1.29, 1.82) is 0 Å². The molecule has 0 bridgehead atoms. The summed E-state index contributed by atoms with van der Waals surface area (Å²) in [6, 6.07) is 0. The molecule has 2 aliphatic rings. The van der Waals surface area contributed by atoms with Crippen molar-refractivity contribution < 1.29 is 13.2 Å². The second-order valence-electron chi connectivity index (χ2n) is 6.84. The lowest BCUT2D eigenvalue weighted by atomic mass is 10.0. The van der Waals surface area contributed by atoms with E-state index >= 15 is 0 Å². The second-order valence-corrected chi connectivity index (χ2v) is 8.98. The van der Waals surface area contributed by atoms with E-state index in [1.54, 1.807) is 24.6 Å². The molecule has 1 unspecified atom stereocenters. The zero-order chi connectivity index (χ0) is 17.2. The molecule has 0 aromatic carbocycles. The predicted octanol–water partition coefficient (Wildman–Crippen LogP) is -0.144. The Bertz CT molecular complexity index is 634. The Hall–Kier alpha value is -1.00. The van der Waals surface area contributed by atoms with Gasteiger partial charge in [-0.2, -0.15) is 17.0 Å². The van der Waals surface area contributed by atoms with E-state index in [0.29, 0.717) is 19.7 Å². The van der Waals surface area contributed by atoms with Gasteiger partial charge in [0.2, 0.25) is 0 Å². The van der Waals surface area contributed by atoms with Crippen molar-refractivity contribution in [2.75, 3.05) is 53.4 Å². The first-order valence-corrected chi connectivity index (χ1v) is 9.81. The predicted molar refractivity (Wildman–Crippen MR) is 90.8 cm³/mol. The standard InChI is InChI=1S/C15H27N5O3S/c1-17(2)24(21,22)20-10-11-23-15(13-20)4-8-18(12-15)6-3-7-19-9-5-16-14-19/h5,9,14H,3-4,6-8,10-13H2,1-2H3. The number of rotatable bonds is 6. The highest BCUT2D eigenvalue weighted by Gasteiger charge is 2.45. The zero-order valence-electron chi connectivity index (χ0n) is 14.5. The average Bonchev–Trinajstić information content (AvgIpc) is 3.18. The number of ether oxygens (including phenoxy) is 1. The summed E-state index contributed by atoms with van der Waals surface area (Å²) >= 11 is 0. The van der Waals surface area contributed by atoms with E-state index in [4.69, 9.17) is 4.74 Å². The van der Waals surface area contributed by atoms with Crippen LogP contribution in [-0.4, -0.2) is 90.5 Å². The van der Waals surface area contributed by atoms with Gasteiger partial charge in [0, 0.05) is 59.2 Å². The van der Waals surface area contributed by atoms with Crippen LogP contribution in [0.5, 0.6) is 0 Å². The van der Waals surface area contributed by atoms with Crippen molar-refractivity contribution in [3.63, 3.8) is 0 Å². The zero-order valence-corrected chi connectivity index (χ0v) is 15.3. The molecule has 1 aromatic rings. The largest absolute Gasteiger partial charge is 0.371 e. The fourth-order valence-corrected chi connectivity index (χ4v) is 4.66. The Balaban J connectivity index is 1.53. The van der Waals surface area contributed by atoms with Crippen LogP contribution in [0.25, 0.3) is 0 Å². The van der Waals surface area contributed by atoms with Crippen LogP contribution in [0.3, 0.4) is 0 Å². The van der Waals surface area contributed by atoms with Crippen LogP contribution in [0.1, 0.15) is 12.8 Å². The monoisotopic (exact) mass is 357 g/mol. The summed E-state index contributed by atoms with van der Waals surface area (Å²) in [6.45, 7) is 5.05. The first kappa shape index (κ1) is 17.8. The van der Waals surface area contributed by atoms with E-state index < -0.39 is 10.2 Å². The molecule has 3 rings (SSSR count). The third-order valence-electron chi connectivity index (χ3n) is 4.85. The normalized spacial score (nSPS) is 26.6. The van der Waals surface area contributed by atoms with Gasteiger partial charge in [-0.05, 0) is 19.4 Å². The Labute approximate surface area is 144 Å². The van der Waals surface area contributed by atoms with Gasteiger partial charge in [0.15, 0.2) is 0 Å². The lowest BCUT2D eigenvalue weighted by Crippen LogP contribution is -2.56. The smallest absolute Gasteiger partial charge is 0.281 e. The first-order chi connectivity index (χ1) is 11.4. The fraction of sp³-hybridized carbons (Fsp3) is 0.800. The third-order valence-corrected chi connectivity index (χ3v) is 6.73. The molecule has 1 aromatic heterocycles. The quantitative estimate of drug-likeness (QED) is 0.708. The summed E-state index contributed by atoms with van der Waals surface area (Å²) in [5.74, 6) is 0. The summed E-state index contributed by atoms with van der Waals surface area (Å²) in [4.78, 5) is 6.43. The molecular weight excluding hydrogens is 330 g/mol. The number of imidazole rings is 1. The van der Waals surface area contributed by atoms with E-state index in [0.717, 1.165) is 39.0 Å². The maximum absolute atomic E-state index is 12.4. The number of nitrogens with zero attached hydrogens (tertiary/aromatic N) is 5. The van der Waals surface area contributed by atoms with E-state index in [1.807, 2.05) is 12.5 Å². The molecule has 9 heteroatoms. The van der Waals surface area contributed by atoms with Gasteiger partial charge >= 0.3 is 0 Å². The van der Waals surface area contributed by atoms with Crippen LogP contribution in [0.4, 0.5) is 0 Å². The molecule has 1 atom stereocenters. The molecule has 136 valence electrons. The molecule has 0 aliphatic carbocycles. The number of aryl methyl sites for hydroxylation is 1. The Morgan fingerprint density at radius 2 is 2.08 bits per heavy atom. The summed E-state index contributed by atoms with van der Waals surface area (Å²) in [5.41, 5.74) is -0.351. The second kappa shape index (κ2) is 7.09. The van der Waals surface area contributed by atoms with Crippen LogP contribution in [-0.2, 0) is 21.5 Å². The Kier molecular flexibility index (Phi) is 5.26. The van der Waals surface area contributed by atoms with Crippen LogP contribution >= 0.6 is 0 Å². The third kappa shape index (κ3) is 3.80. The van der Waals surface area contributed by atoms with Gasteiger partial charge in [0.25, 0.3) is 10.2 Å². The minimum absolute atomic E-state index is 0.351. The van der Waals surface area contributed by atoms with Gasteiger partial charge < -0.3 is 14.2 Å². The maximum Gasteiger partial charge on any atom is 0.281 e. The molecule has 24 heavy (non-hydrogen) atoms. The molecule has 2 saturated heterocycles. The molecule has 3 heterocycles. The van der Waals surface area contributed by atoms with Gasteiger partial charge in [-0.15, -0.1) is 0 Å². The van der Waals surface area contributed by atoms with Crippen LogP contribution in [0.15, 0.2) is 18.7 Å². The molecule has 8 nitrogen and oxygen atoms in total. The molecule has 0 radical (unpaired) electrons. The molecule has 0 amide bonds. The molecule has 2 aliphatic heterocycles. The topological polar surface area (TPSA) is 70.9 Å². The minimum atomic E-state index is -3.37.